The molecule has 1 aromatic carbocycles. The summed E-state index contributed by atoms with van der Waals surface area (Å²) in [5, 5.41) is 12.3. The fourth-order valence-corrected chi connectivity index (χ4v) is 2.73. The number of carbonyl (C=O) groups is 1. The van der Waals surface area contributed by atoms with E-state index < -0.39 is 16.0 Å². The summed E-state index contributed by atoms with van der Waals surface area (Å²) in [6.45, 7) is 1.68. The first-order chi connectivity index (χ1) is 9.88. The van der Waals surface area contributed by atoms with Crippen molar-refractivity contribution >= 4 is 16.0 Å². The number of aromatic nitrogens is 2. The summed E-state index contributed by atoms with van der Waals surface area (Å²) in [5.41, 5.74) is 1.86. The molecule has 0 spiro atoms. The molecule has 0 fully saturated rings. The highest BCUT2D eigenvalue weighted by Crippen LogP contribution is 2.10. The normalized spacial score (nSPS) is 11.5. The zero-order valence-electron chi connectivity index (χ0n) is 11.4. The number of aryl methyl sites for hydroxylation is 1. The Kier molecular flexibility index (Phi) is 4.39. The molecule has 0 saturated heterocycles. The van der Waals surface area contributed by atoms with Crippen LogP contribution in [0.4, 0.5) is 0 Å². The monoisotopic (exact) mass is 309 g/mol. The molecule has 2 aromatic rings. The zero-order chi connectivity index (χ0) is 15.5. The van der Waals surface area contributed by atoms with Gasteiger partial charge in [0.05, 0.1) is 6.20 Å². The number of carboxylic acid groups (broad SMARTS) is 1. The standard InChI is InChI=1S/C13H15N3O4S/c1-10-4-2-3-5-11(10)6-15-21(19,20)12-7-14-16(8-12)9-13(17)18/h2-5,7-8,15H,6,9H2,1H3,(H,17,18). The highest BCUT2D eigenvalue weighted by atomic mass is 32.2. The molecule has 0 atom stereocenters. The molecule has 2 N–H and O–H groups in total. The van der Waals surface area contributed by atoms with E-state index in [1.54, 1.807) is 0 Å². The number of hydrogen-bond acceptors (Lipinski definition) is 4. The Labute approximate surface area is 122 Å². The molecule has 7 nitrogen and oxygen atoms in total. The predicted octanol–water partition coefficient (Wildman–Crippen LogP) is 0.755. The van der Waals surface area contributed by atoms with Gasteiger partial charge in [0, 0.05) is 12.7 Å². The number of nitrogens with zero attached hydrogens (tertiary/aromatic N) is 2. The van der Waals surface area contributed by atoms with Gasteiger partial charge in [0.2, 0.25) is 10.0 Å². The molecule has 21 heavy (non-hydrogen) atoms. The molecule has 0 aliphatic carbocycles. The van der Waals surface area contributed by atoms with E-state index in [4.69, 9.17) is 5.11 Å². The molecule has 112 valence electrons. The van der Waals surface area contributed by atoms with E-state index in [0.29, 0.717) is 0 Å². The zero-order valence-corrected chi connectivity index (χ0v) is 12.2. The number of carboxylic acids is 1. The van der Waals surface area contributed by atoms with Gasteiger partial charge in [-0.1, -0.05) is 24.3 Å². The van der Waals surface area contributed by atoms with Crippen LogP contribution in [0.3, 0.4) is 0 Å². The minimum absolute atomic E-state index is 0.0580. The molecular weight excluding hydrogens is 294 g/mol. The molecule has 0 aliphatic heterocycles. The van der Waals surface area contributed by atoms with Crippen LogP contribution in [0.2, 0.25) is 0 Å². The van der Waals surface area contributed by atoms with Gasteiger partial charge < -0.3 is 5.11 Å². The van der Waals surface area contributed by atoms with Gasteiger partial charge in [-0.3, -0.25) is 9.48 Å². The first-order valence-corrected chi connectivity index (χ1v) is 7.65. The lowest BCUT2D eigenvalue weighted by Gasteiger charge is -2.07. The fourth-order valence-electron chi connectivity index (χ4n) is 1.77. The Hall–Kier alpha value is -2.19. The molecule has 0 radical (unpaired) electrons. The van der Waals surface area contributed by atoms with Gasteiger partial charge in [-0.15, -0.1) is 0 Å². The van der Waals surface area contributed by atoms with E-state index in [0.717, 1.165) is 22.0 Å². The van der Waals surface area contributed by atoms with Crippen LogP contribution in [0.25, 0.3) is 0 Å². The van der Waals surface area contributed by atoms with E-state index in [1.807, 2.05) is 31.2 Å². The van der Waals surface area contributed by atoms with Gasteiger partial charge in [0.25, 0.3) is 0 Å². The number of hydrogen-bond donors (Lipinski definition) is 2. The third kappa shape index (κ3) is 3.89. The summed E-state index contributed by atoms with van der Waals surface area (Å²) < 4.78 is 27.7. The molecule has 8 heteroatoms. The highest BCUT2D eigenvalue weighted by Gasteiger charge is 2.17. The Morgan fingerprint density at radius 1 is 1.38 bits per heavy atom. The Balaban J connectivity index is 2.10. The summed E-state index contributed by atoms with van der Waals surface area (Å²) in [6.07, 6.45) is 2.32. The molecule has 0 saturated carbocycles. The van der Waals surface area contributed by atoms with E-state index >= 15 is 0 Å². The topological polar surface area (TPSA) is 101 Å². The number of benzene rings is 1. The minimum atomic E-state index is -3.72. The van der Waals surface area contributed by atoms with Crippen molar-refractivity contribution in [3.63, 3.8) is 0 Å². The van der Waals surface area contributed by atoms with Gasteiger partial charge in [-0.2, -0.15) is 5.10 Å². The maximum atomic E-state index is 12.1. The van der Waals surface area contributed by atoms with Crippen molar-refractivity contribution in [2.75, 3.05) is 0 Å². The maximum absolute atomic E-state index is 12.1. The summed E-state index contributed by atoms with van der Waals surface area (Å²) >= 11 is 0. The average molecular weight is 309 g/mol. The quantitative estimate of drug-likeness (QED) is 0.820. The van der Waals surface area contributed by atoms with Crippen LogP contribution >= 0.6 is 0 Å². The van der Waals surface area contributed by atoms with Crippen LogP contribution < -0.4 is 4.72 Å². The van der Waals surface area contributed by atoms with Gasteiger partial charge in [0.1, 0.15) is 11.4 Å². The van der Waals surface area contributed by atoms with Crippen LogP contribution in [-0.4, -0.2) is 29.3 Å². The molecule has 1 heterocycles. The van der Waals surface area contributed by atoms with Crippen molar-refractivity contribution in [1.29, 1.82) is 0 Å². The fraction of sp³-hybridized carbons (Fsp3) is 0.231. The highest BCUT2D eigenvalue weighted by molar-refractivity contribution is 7.89. The lowest BCUT2D eigenvalue weighted by atomic mass is 10.1. The molecule has 2 rings (SSSR count). The van der Waals surface area contributed by atoms with E-state index in [-0.39, 0.29) is 18.0 Å². The van der Waals surface area contributed by atoms with Crippen LogP contribution in [0.15, 0.2) is 41.6 Å². The van der Waals surface area contributed by atoms with Gasteiger partial charge in [0.15, 0.2) is 0 Å². The first-order valence-electron chi connectivity index (χ1n) is 6.17. The summed E-state index contributed by atoms with van der Waals surface area (Å²) in [7, 11) is -3.72. The van der Waals surface area contributed by atoms with Crippen molar-refractivity contribution < 1.29 is 18.3 Å². The number of rotatable bonds is 6. The Morgan fingerprint density at radius 3 is 2.76 bits per heavy atom. The van der Waals surface area contributed by atoms with Gasteiger partial charge in [-0.25, -0.2) is 13.1 Å². The van der Waals surface area contributed by atoms with Gasteiger partial charge >= 0.3 is 5.97 Å². The van der Waals surface area contributed by atoms with E-state index in [1.165, 1.54) is 6.20 Å². The minimum Gasteiger partial charge on any atom is -0.480 e. The predicted molar refractivity (Wildman–Crippen MR) is 75.1 cm³/mol. The maximum Gasteiger partial charge on any atom is 0.325 e. The Bertz CT molecular complexity index is 752. The second-order valence-electron chi connectivity index (χ2n) is 4.52. The third-order valence-electron chi connectivity index (χ3n) is 2.93. The molecule has 0 unspecified atom stereocenters. The van der Waals surface area contributed by atoms with Crippen molar-refractivity contribution in [1.82, 2.24) is 14.5 Å². The number of sulfonamides is 1. The molecule has 0 amide bonds. The van der Waals surface area contributed by atoms with Gasteiger partial charge in [-0.05, 0) is 18.1 Å². The average Bonchev–Trinajstić information content (AvgIpc) is 2.86. The molecular formula is C13H15N3O4S. The molecule has 0 bridgehead atoms. The van der Waals surface area contributed by atoms with E-state index in [9.17, 15) is 13.2 Å². The van der Waals surface area contributed by atoms with Crippen LogP contribution in [-0.2, 0) is 27.9 Å². The second-order valence-corrected chi connectivity index (χ2v) is 6.29. The van der Waals surface area contributed by atoms with Crippen molar-refractivity contribution in [3.8, 4) is 0 Å². The SMILES string of the molecule is Cc1ccccc1CNS(=O)(=O)c1cnn(CC(=O)O)c1. The largest absolute Gasteiger partial charge is 0.480 e. The molecule has 1 aromatic heterocycles. The van der Waals surface area contributed by atoms with E-state index in [2.05, 4.69) is 9.82 Å². The van der Waals surface area contributed by atoms with Crippen LogP contribution in [0.5, 0.6) is 0 Å². The number of nitrogens with one attached hydrogen (secondary N) is 1. The lowest BCUT2D eigenvalue weighted by Crippen LogP contribution is -2.23. The van der Waals surface area contributed by atoms with Crippen molar-refractivity contribution in [2.45, 2.75) is 24.9 Å². The van der Waals surface area contributed by atoms with Crippen molar-refractivity contribution in [2.24, 2.45) is 0 Å². The second kappa shape index (κ2) is 6.06. The third-order valence-corrected chi connectivity index (χ3v) is 4.29. The Morgan fingerprint density at radius 2 is 2.10 bits per heavy atom. The summed E-state index contributed by atoms with van der Waals surface area (Å²) in [4.78, 5) is 10.5. The lowest BCUT2D eigenvalue weighted by molar-refractivity contribution is -0.137. The van der Waals surface area contributed by atoms with Crippen LogP contribution in [0, 0.1) is 6.92 Å². The smallest absolute Gasteiger partial charge is 0.325 e. The number of aliphatic carboxylic acids is 1. The first kappa shape index (κ1) is 15.2. The summed E-state index contributed by atoms with van der Waals surface area (Å²) in [6, 6.07) is 7.45. The van der Waals surface area contributed by atoms with Crippen LogP contribution in [0.1, 0.15) is 11.1 Å². The van der Waals surface area contributed by atoms with Crippen molar-refractivity contribution in [3.05, 3.63) is 47.8 Å². The molecule has 0 aliphatic rings. The summed E-state index contributed by atoms with van der Waals surface area (Å²) in [5.74, 6) is -1.09.